The molecule has 0 fully saturated rings. The van der Waals surface area contributed by atoms with Crippen molar-refractivity contribution >= 4 is 44.3 Å². The molecule has 1 aromatic carbocycles. The fourth-order valence-electron chi connectivity index (χ4n) is 2.44. The number of hydrogen-bond donors (Lipinski definition) is 0. The lowest BCUT2D eigenvalue weighted by Crippen LogP contribution is -2.33. The molecule has 2 unspecified atom stereocenters. The minimum atomic E-state index is -0.413. The first-order chi connectivity index (χ1) is 9.93. The highest BCUT2D eigenvalue weighted by atomic mass is 127. The van der Waals surface area contributed by atoms with Crippen LogP contribution in [0.4, 0.5) is 0 Å². The topological polar surface area (TPSA) is 17.1 Å². The summed E-state index contributed by atoms with van der Waals surface area (Å²) in [5.41, 5.74) is 0.702. The van der Waals surface area contributed by atoms with Crippen molar-refractivity contribution in [3.63, 3.8) is 0 Å². The van der Waals surface area contributed by atoms with Crippen LogP contribution >= 0.6 is 38.5 Å². The van der Waals surface area contributed by atoms with E-state index in [9.17, 15) is 4.79 Å². The third kappa shape index (κ3) is 5.41. The molecule has 0 aliphatic heterocycles. The molecule has 3 heteroatoms. The second-order valence-electron chi connectivity index (χ2n) is 5.71. The van der Waals surface area contributed by atoms with Gasteiger partial charge in [0.05, 0.1) is 10.7 Å². The van der Waals surface area contributed by atoms with Gasteiger partial charge in [-0.15, -0.1) is 12.3 Å². The van der Waals surface area contributed by atoms with E-state index in [1.807, 2.05) is 6.07 Å². The van der Waals surface area contributed by atoms with Crippen LogP contribution in [0.15, 0.2) is 24.3 Å². The van der Waals surface area contributed by atoms with Crippen molar-refractivity contribution < 1.29 is 4.79 Å². The van der Waals surface area contributed by atoms with Crippen LogP contribution in [0.25, 0.3) is 0 Å². The number of Topliss-reactive ketones (excluding diaryl/α,β-unsaturated/α-hetero) is 1. The highest BCUT2D eigenvalue weighted by Gasteiger charge is 2.33. The van der Waals surface area contributed by atoms with Gasteiger partial charge in [-0.1, -0.05) is 47.8 Å². The zero-order valence-corrected chi connectivity index (χ0v) is 16.4. The quantitative estimate of drug-likeness (QED) is 0.221. The van der Waals surface area contributed by atoms with Gasteiger partial charge >= 0.3 is 0 Å². The fraction of sp³-hybridized carbons (Fsp3) is 0.500. The molecule has 1 aromatic rings. The summed E-state index contributed by atoms with van der Waals surface area (Å²) in [5.74, 6) is 3.33. The predicted octanol–water partition coefficient (Wildman–Crippen LogP) is 5.34. The Balaban J connectivity index is 2.81. The molecule has 0 N–H and O–H groups in total. The molecule has 114 valence electrons. The van der Waals surface area contributed by atoms with Gasteiger partial charge < -0.3 is 0 Å². The Morgan fingerprint density at radius 1 is 1.48 bits per heavy atom. The van der Waals surface area contributed by atoms with Gasteiger partial charge in [0.15, 0.2) is 5.78 Å². The molecule has 0 radical (unpaired) electrons. The second-order valence-corrected chi connectivity index (χ2v) is 7.52. The molecule has 0 bridgehead atoms. The zero-order valence-electron chi connectivity index (χ0n) is 12.7. The Labute approximate surface area is 150 Å². The number of ketones is 1. The van der Waals surface area contributed by atoms with E-state index in [4.69, 9.17) is 6.42 Å². The number of hydrogen-bond acceptors (Lipinski definition) is 1. The van der Waals surface area contributed by atoms with Gasteiger partial charge in [-0.3, -0.25) is 4.79 Å². The van der Waals surface area contributed by atoms with Crippen LogP contribution in [0.2, 0.25) is 0 Å². The Morgan fingerprint density at radius 2 is 2.19 bits per heavy atom. The van der Waals surface area contributed by atoms with Crippen LogP contribution < -0.4 is 0 Å². The van der Waals surface area contributed by atoms with Gasteiger partial charge in [-0.2, -0.15) is 0 Å². The number of benzene rings is 1. The van der Waals surface area contributed by atoms with Crippen molar-refractivity contribution in [3.05, 3.63) is 33.4 Å². The summed E-state index contributed by atoms with van der Waals surface area (Å²) in [4.78, 5) is 12.4. The average Bonchev–Trinajstić information content (AvgIpc) is 2.50. The van der Waals surface area contributed by atoms with Crippen molar-refractivity contribution in [2.24, 2.45) is 5.92 Å². The number of halogens is 2. The van der Waals surface area contributed by atoms with E-state index >= 15 is 0 Å². The van der Waals surface area contributed by atoms with Crippen LogP contribution in [0.3, 0.4) is 0 Å². The Hall–Kier alpha value is -0.340. The van der Waals surface area contributed by atoms with E-state index < -0.39 is 5.41 Å². The summed E-state index contributed by atoms with van der Waals surface area (Å²) in [5, 5.41) is 0.399. The van der Waals surface area contributed by atoms with E-state index in [0.29, 0.717) is 11.2 Å². The standard InChI is InChI=1S/C18H22BrIO/c1-4-14(2)8-5-6-11-18(3,17(21)13-19)15-9-7-10-16(20)12-15/h1,7,9-10,12,14H,5-6,8,11,13H2,2-3H3. The molecule has 0 spiro atoms. The maximum atomic E-state index is 12.4. The van der Waals surface area contributed by atoms with E-state index in [2.05, 4.69) is 76.5 Å². The first-order valence-electron chi connectivity index (χ1n) is 7.25. The van der Waals surface area contributed by atoms with Gasteiger partial charge in [0, 0.05) is 9.49 Å². The minimum absolute atomic E-state index is 0.245. The van der Waals surface area contributed by atoms with Crippen molar-refractivity contribution in [1.82, 2.24) is 0 Å². The second kappa shape index (κ2) is 8.95. The molecule has 0 saturated carbocycles. The van der Waals surface area contributed by atoms with Crippen LogP contribution in [0, 0.1) is 21.8 Å². The Kier molecular flexibility index (Phi) is 7.97. The highest BCUT2D eigenvalue weighted by Crippen LogP contribution is 2.32. The third-order valence-corrected chi connectivity index (χ3v) is 5.23. The minimum Gasteiger partial charge on any atom is -0.298 e. The number of rotatable bonds is 8. The van der Waals surface area contributed by atoms with Crippen LogP contribution in [-0.4, -0.2) is 11.1 Å². The van der Waals surface area contributed by atoms with Gasteiger partial charge in [0.25, 0.3) is 0 Å². The molecule has 2 atom stereocenters. The summed E-state index contributed by atoms with van der Waals surface area (Å²) < 4.78 is 1.17. The van der Waals surface area contributed by atoms with E-state index in [1.54, 1.807) is 0 Å². The Bertz CT molecular complexity index is 520. The summed E-state index contributed by atoms with van der Waals surface area (Å²) in [6, 6.07) is 8.26. The lowest BCUT2D eigenvalue weighted by Gasteiger charge is -2.28. The normalized spacial score (nSPS) is 15.0. The summed E-state index contributed by atoms with van der Waals surface area (Å²) in [6.45, 7) is 4.13. The SMILES string of the molecule is C#CC(C)CCCCC(C)(C(=O)CBr)c1cccc(I)c1. The fourth-order valence-corrected chi connectivity index (χ4v) is 3.60. The molecule has 1 rings (SSSR count). The molecule has 0 amide bonds. The van der Waals surface area contributed by atoms with Crippen LogP contribution in [0.1, 0.15) is 45.1 Å². The van der Waals surface area contributed by atoms with E-state index in [1.165, 1.54) is 3.57 Å². The number of carbonyl (C=O) groups excluding carboxylic acids is 1. The van der Waals surface area contributed by atoms with E-state index in [0.717, 1.165) is 31.2 Å². The monoisotopic (exact) mass is 460 g/mol. The summed E-state index contributed by atoms with van der Waals surface area (Å²) in [6.07, 6.45) is 9.40. The maximum Gasteiger partial charge on any atom is 0.153 e. The molecular formula is C18H22BrIO. The largest absolute Gasteiger partial charge is 0.298 e. The molecule has 1 nitrogen and oxygen atoms in total. The average molecular weight is 461 g/mol. The Morgan fingerprint density at radius 3 is 2.76 bits per heavy atom. The molecule has 0 aliphatic carbocycles. The lowest BCUT2D eigenvalue weighted by atomic mass is 9.75. The highest BCUT2D eigenvalue weighted by molar-refractivity contribution is 14.1. The number of unbranched alkanes of at least 4 members (excludes halogenated alkanes) is 1. The van der Waals surface area contributed by atoms with Crippen molar-refractivity contribution in [1.29, 1.82) is 0 Å². The molecule has 0 heterocycles. The number of carbonyl (C=O) groups is 1. The van der Waals surface area contributed by atoms with Crippen LogP contribution in [-0.2, 0) is 10.2 Å². The lowest BCUT2D eigenvalue weighted by molar-refractivity contribution is -0.121. The van der Waals surface area contributed by atoms with Gasteiger partial charge in [-0.05, 0) is 60.1 Å². The molecule has 0 aliphatic rings. The van der Waals surface area contributed by atoms with Crippen LogP contribution in [0.5, 0.6) is 0 Å². The third-order valence-electron chi connectivity index (χ3n) is 4.05. The van der Waals surface area contributed by atoms with Gasteiger partial charge in [-0.25, -0.2) is 0 Å². The van der Waals surface area contributed by atoms with Crippen molar-refractivity contribution in [2.75, 3.05) is 5.33 Å². The number of terminal acetylenes is 1. The first kappa shape index (κ1) is 18.7. The molecule has 0 aromatic heterocycles. The zero-order chi connectivity index (χ0) is 15.9. The van der Waals surface area contributed by atoms with Gasteiger partial charge in [0.1, 0.15) is 0 Å². The molecular weight excluding hydrogens is 439 g/mol. The first-order valence-corrected chi connectivity index (χ1v) is 9.45. The van der Waals surface area contributed by atoms with E-state index in [-0.39, 0.29) is 5.78 Å². The molecule has 21 heavy (non-hydrogen) atoms. The summed E-state index contributed by atoms with van der Waals surface area (Å²) in [7, 11) is 0. The maximum absolute atomic E-state index is 12.4. The smallest absolute Gasteiger partial charge is 0.153 e. The molecule has 0 saturated heterocycles. The van der Waals surface area contributed by atoms with Crippen molar-refractivity contribution in [2.45, 2.75) is 44.9 Å². The van der Waals surface area contributed by atoms with Crippen molar-refractivity contribution in [3.8, 4) is 12.3 Å². The predicted molar refractivity (Wildman–Crippen MR) is 102 cm³/mol. The number of alkyl halides is 1. The summed E-state index contributed by atoms with van der Waals surface area (Å²) >= 11 is 5.63. The van der Waals surface area contributed by atoms with Gasteiger partial charge in [0.2, 0.25) is 0 Å².